The van der Waals surface area contributed by atoms with Crippen LogP contribution in [-0.2, 0) is 6.42 Å². The minimum absolute atomic E-state index is 0.245. The maximum Gasteiger partial charge on any atom is 0.271 e. The number of methoxy groups -OCH3 is 2. The van der Waals surface area contributed by atoms with E-state index in [2.05, 4.69) is 19.9 Å². The predicted octanol–water partition coefficient (Wildman–Crippen LogP) is 3.37. The van der Waals surface area contributed by atoms with Gasteiger partial charge in [0.1, 0.15) is 26.6 Å². The van der Waals surface area contributed by atoms with Crippen LogP contribution in [0.5, 0.6) is 11.5 Å². The van der Waals surface area contributed by atoms with Gasteiger partial charge in [-0.2, -0.15) is 0 Å². The van der Waals surface area contributed by atoms with E-state index in [1.807, 2.05) is 13.0 Å². The lowest BCUT2D eigenvalue weighted by molar-refractivity contribution is 0.102. The van der Waals surface area contributed by atoms with Crippen molar-refractivity contribution in [2.75, 3.05) is 19.5 Å². The highest BCUT2D eigenvalue weighted by Gasteiger charge is 2.19. The van der Waals surface area contributed by atoms with E-state index in [0.717, 1.165) is 34.8 Å². The first kappa shape index (κ1) is 16.6. The van der Waals surface area contributed by atoms with Crippen molar-refractivity contribution in [3.05, 3.63) is 22.7 Å². The number of anilines is 1. The Balaban J connectivity index is 1.92. The van der Waals surface area contributed by atoms with Crippen LogP contribution in [0.15, 0.2) is 12.1 Å². The number of carbonyl (C=O) groups excluding carboxylic acids is 1. The number of amides is 1. The van der Waals surface area contributed by atoms with Gasteiger partial charge in [0.15, 0.2) is 5.13 Å². The van der Waals surface area contributed by atoms with Crippen LogP contribution >= 0.6 is 22.9 Å². The van der Waals surface area contributed by atoms with Gasteiger partial charge in [-0.05, 0) is 30.1 Å². The molecule has 7 nitrogen and oxygen atoms in total. The van der Waals surface area contributed by atoms with Gasteiger partial charge in [0.2, 0.25) is 0 Å². The monoisotopic (exact) mass is 364 g/mol. The number of thiazole rings is 1. The Morgan fingerprint density at radius 2 is 2.00 bits per heavy atom. The first-order valence-electron chi connectivity index (χ1n) is 7.32. The molecule has 0 spiro atoms. The molecule has 0 radical (unpaired) electrons. The lowest BCUT2D eigenvalue weighted by Gasteiger charge is -2.03. The summed E-state index contributed by atoms with van der Waals surface area (Å²) in [5.74, 6) is 1.08. The van der Waals surface area contributed by atoms with E-state index in [9.17, 15) is 4.79 Å². The molecule has 0 atom stereocenters. The number of benzene rings is 1. The van der Waals surface area contributed by atoms with Crippen LogP contribution < -0.4 is 14.8 Å². The molecule has 2 heterocycles. The van der Waals surface area contributed by atoms with Gasteiger partial charge in [-0.3, -0.25) is 10.1 Å². The lowest BCUT2D eigenvalue weighted by atomic mass is 10.2. The van der Waals surface area contributed by atoms with Gasteiger partial charge in [-0.15, -0.1) is 5.10 Å². The van der Waals surface area contributed by atoms with Gasteiger partial charge in [0, 0.05) is 0 Å². The first-order valence-corrected chi connectivity index (χ1v) is 8.91. The molecule has 24 heavy (non-hydrogen) atoms. The van der Waals surface area contributed by atoms with Crippen LogP contribution in [0.4, 0.5) is 5.13 Å². The second-order valence-corrected chi connectivity index (χ2v) is 6.67. The van der Waals surface area contributed by atoms with Crippen molar-refractivity contribution < 1.29 is 14.3 Å². The fourth-order valence-electron chi connectivity index (χ4n) is 2.27. The van der Waals surface area contributed by atoms with Gasteiger partial charge in [-0.25, -0.2) is 4.98 Å². The zero-order valence-corrected chi connectivity index (χ0v) is 15.1. The molecule has 0 fully saturated rings. The standard InChI is InChI=1S/C15H16N4O3S2/c1-4-5-8-12(24-19-18-8)14(20)17-15-16-11-9(21-2)6-7-10(22-3)13(11)23-15/h6-7H,4-5H2,1-3H3,(H,16,17,20). The molecular weight excluding hydrogens is 348 g/mol. The lowest BCUT2D eigenvalue weighted by Crippen LogP contribution is -2.12. The Kier molecular flexibility index (Phi) is 4.91. The van der Waals surface area contributed by atoms with Crippen molar-refractivity contribution in [2.45, 2.75) is 19.8 Å². The van der Waals surface area contributed by atoms with Crippen molar-refractivity contribution in [1.29, 1.82) is 0 Å². The van der Waals surface area contributed by atoms with Crippen LogP contribution in [0.2, 0.25) is 0 Å². The van der Waals surface area contributed by atoms with Crippen molar-refractivity contribution >= 4 is 44.1 Å². The summed E-state index contributed by atoms with van der Waals surface area (Å²) >= 11 is 2.43. The number of carbonyl (C=O) groups is 1. The second kappa shape index (κ2) is 7.10. The highest BCUT2D eigenvalue weighted by atomic mass is 32.1. The fraction of sp³-hybridized carbons (Fsp3) is 0.333. The second-order valence-electron chi connectivity index (χ2n) is 4.92. The third-order valence-electron chi connectivity index (χ3n) is 3.38. The van der Waals surface area contributed by atoms with E-state index in [4.69, 9.17) is 9.47 Å². The number of hydrogen-bond donors (Lipinski definition) is 1. The normalized spacial score (nSPS) is 10.8. The largest absolute Gasteiger partial charge is 0.495 e. The molecule has 2 aromatic heterocycles. The molecule has 0 aliphatic rings. The Morgan fingerprint density at radius 1 is 1.25 bits per heavy atom. The molecule has 3 rings (SSSR count). The van der Waals surface area contributed by atoms with Gasteiger partial charge in [-0.1, -0.05) is 29.2 Å². The van der Waals surface area contributed by atoms with Crippen molar-refractivity contribution in [1.82, 2.24) is 14.6 Å². The van der Waals surface area contributed by atoms with Crippen molar-refractivity contribution in [3.8, 4) is 11.5 Å². The number of fused-ring (bicyclic) bond motifs is 1. The Bertz CT molecular complexity index is 834. The third kappa shape index (κ3) is 3.04. The molecule has 126 valence electrons. The van der Waals surface area contributed by atoms with E-state index >= 15 is 0 Å². The summed E-state index contributed by atoms with van der Waals surface area (Å²) in [6.45, 7) is 2.03. The fourth-order valence-corrected chi connectivity index (χ4v) is 3.85. The number of nitrogens with zero attached hydrogens (tertiary/aromatic N) is 3. The quantitative estimate of drug-likeness (QED) is 0.722. The number of hydrogen-bond acceptors (Lipinski definition) is 8. The van der Waals surface area contributed by atoms with Crippen LogP contribution in [0.3, 0.4) is 0 Å². The molecule has 0 aliphatic heterocycles. The Hall–Kier alpha value is -2.26. The molecule has 3 aromatic rings. The van der Waals surface area contributed by atoms with Crippen LogP contribution in [0, 0.1) is 0 Å². The highest BCUT2D eigenvalue weighted by molar-refractivity contribution is 7.22. The number of rotatable bonds is 6. The molecular formula is C15H16N4O3S2. The summed E-state index contributed by atoms with van der Waals surface area (Å²) in [5, 5.41) is 7.32. The third-order valence-corrected chi connectivity index (χ3v) is 5.13. The topological polar surface area (TPSA) is 86.2 Å². The summed E-state index contributed by atoms with van der Waals surface area (Å²) in [5.41, 5.74) is 1.38. The number of aryl methyl sites for hydroxylation is 1. The molecule has 0 saturated heterocycles. The molecule has 0 saturated carbocycles. The Labute approximate surface area is 146 Å². The van der Waals surface area contributed by atoms with Gasteiger partial charge in [0.25, 0.3) is 5.91 Å². The number of nitrogens with one attached hydrogen (secondary N) is 1. The minimum atomic E-state index is -0.245. The van der Waals surface area contributed by atoms with Crippen molar-refractivity contribution in [2.24, 2.45) is 0 Å². The zero-order valence-electron chi connectivity index (χ0n) is 13.5. The van der Waals surface area contributed by atoms with Gasteiger partial charge < -0.3 is 9.47 Å². The smallest absolute Gasteiger partial charge is 0.271 e. The summed E-state index contributed by atoms with van der Waals surface area (Å²) in [6, 6.07) is 3.61. The maximum absolute atomic E-state index is 12.5. The van der Waals surface area contributed by atoms with Gasteiger partial charge >= 0.3 is 0 Å². The van der Waals surface area contributed by atoms with Crippen LogP contribution in [-0.4, -0.2) is 34.7 Å². The summed E-state index contributed by atoms with van der Waals surface area (Å²) < 4.78 is 15.4. The Morgan fingerprint density at radius 3 is 2.71 bits per heavy atom. The highest BCUT2D eigenvalue weighted by Crippen LogP contribution is 2.38. The van der Waals surface area contributed by atoms with Gasteiger partial charge in [0.05, 0.1) is 19.9 Å². The average molecular weight is 364 g/mol. The molecule has 1 amide bonds. The summed E-state index contributed by atoms with van der Waals surface area (Å²) in [7, 11) is 3.18. The average Bonchev–Trinajstić information content (AvgIpc) is 3.20. The van der Waals surface area contributed by atoms with Crippen molar-refractivity contribution in [3.63, 3.8) is 0 Å². The molecule has 0 bridgehead atoms. The first-order chi connectivity index (χ1) is 11.7. The predicted molar refractivity (Wildman–Crippen MR) is 94.6 cm³/mol. The molecule has 1 N–H and O–H groups in total. The number of aromatic nitrogens is 3. The van der Waals surface area contributed by atoms with E-state index in [1.165, 1.54) is 11.3 Å². The van der Waals surface area contributed by atoms with Crippen LogP contribution in [0.1, 0.15) is 28.7 Å². The summed E-state index contributed by atoms with van der Waals surface area (Å²) in [4.78, 5) is 17.5. The zero-order chi connectivity index (χ0) is 17.1. The molecule has 1 aromatic carbocycles. The maximum atomic E-state index is 12.5. The summed E-state index contributed by atoms with van der Waals surface area (Å²) in [6.07, 6.45) is 1.63. The van der Waals surface area contributed by atoms with E-state index in [0.29, 0.717) is 27.0 Å². The van der Waals surface area contributed by atoms with E-state index < -0.39 is 0 Å². The molecule has 9 heteroatoms. The van der Waals surface area contributed by atoms with E-state index in [1.54, 1.807) is 20.3 Å². The molecule has 0 aliphatic carbocycles. The van der Waals surface area contributed by atoms with E-state index in [-0.39, 0.29) is 5.91 Å². The molecule has 0 unspecified atom stereocenters. The number of ether oxygens (including phenoxy) is 2. The SMILES string of the molecule is CCCc1nnsc1C(=O)Nc1nc2c(OC)ccc(OC)c2s1. The van der Waals surface area contributed by atoms with Crippen LogP contribution in [0.25, 0.3) is 10.2 Å². The minimum Gasteiger partial charge on any atom is -0.495 e.